The van der Waals surface area contributed by atoms with Gasteiger partial charge in [-0.1, -0.05) is 30.3 Å². The molecule has 0 aliphatic heterocycles. The molecule has 0 unspecified atom stereocenters. The van der Waals surface area contributed by atoms with E-state index in [2.05, 4.69) is 5.32 Å². The zero-order valence-corrected chi connectivity index (χ0v) is 11.4. The smallest absolute Gasteiger partial charge is 0.311 e. The lowest BCUT2D eigenvalue weighted by atomic mass is 10.1. The monoisotopic (exact) mass is 272 g/mol. The van der Waals surface area contributed by atoms with E-state index in [1.54, 1.807) is 19.1 Å². The van der Waals surface area contributed by atoms with Crippen molar-refractivity contribution in [3.05, 3.63) is 63.7 Å². The van der Waals surface area contributed by atoms with Crippen LogP contribution < -0.4 is 10.1 Å². The molecule has 0 spiro atoms. The Morgan fingerprint density at radius 1 is 1.20 bits per heavy atom. The van der Waals surface area contributed by atoms with Gasteiger partial charge in [0.15, 0.2) is 0 Å². The first-order chi connectivity index (χ1) is 9.63. The summed E-state index contributed by atoms with van der Waals surface area (Å²) in [5.74, 6) is 0.917. The molecule has 2 aromatic rings. The summed E-state index contributed by atoms with van der Waals surface area (Å²) in [4.78, 5) is 10.7. The first-order valence-corrected chi connectivity index (χ1v) is 6.28. The standard InChI is InChI=1S/C15H16N2O3/c1-11-6-5-8-13(17(18)19)15(11)20-14-9-4-3-7-12(14)10-16-2/h3-9,16H,10H2,1-2H3. The fourth-order valence-electron chi connectivity index (χ4n) is 1.96. The number of hydrogen-bond donors (Lipinski definition) is 1. The molecule has 0 fully saturated rings. The minimum absolute atomic E-state index is 0.0238. The molecule has 1 N–H and O–H groups in total. The largest absolute Gasteiger partial charge is 0.450 e. The van der Waals surface area contributed by atoms with Gasteiger partial charge in [-0.05, 0) is 25.6 Å². The summed E-state index contributed by atoms with van der Waals surface area (Å²) in [6.45, 7) is 2.43. The van der Waals surface area contributed by atoms with Crippen molar-refractivity contribution in [2.45, 2.75) is 13.5 Å². The van der Waals surface area contributed by atoms with Crippen molar-refractivity contribution >= 4 is 5.69 Å². The first-order valence-electron chi connectivity index (χ1n) is 6.28. The molecule has 5 heteroatoms. The second-order valence-corrected chi connectivity index (χ2v) is 4.42. The number of ether oxygens (including phenoxy) is 1. The SMILES string of the molecule is CNCc1ccccc1Oc1c(C)cccc1[N+](=O)[O-]. The fourth-order valence-corrected chi connectivity index (χ4v) is 1.96. The third-order valence-electron chi connectivity index (χ3n) is 2.94. The zero-order chi connectivity index (χ0) is 14.5. The third kappa shape index (κ3) is 2.95. The predicted molar refractivity (Wildman–Crippen MR) is 77.1 cm³/mol. The summed E-state index contributed by atoms with van der Waals surface area (Å²) < 4.78 is 5.80. The number of nitrogens with zero attached hydrogens (tertiary/aromatic N) is 1. The van der Waals surface area contributed by atoms with E-state index >= 15 is 0 Å². The van der Waals surface area contributed by atoms with Crippen LogP contribution >= 0.6 is 0 Å². The van der Waals surface area contributed by atoms with E-state index in [4.69, 9.17) is 4.74 Å². The van der Waals surface area contributed by atoms with Crippen LogP contribution in [0.1, 0.15) is 11.1 Å². The molecule has 0 aliphatic rings. The van der Waals surface area contributed by atoms with Crippen LogP contribution in [0.3, 0.4) is 0 Å². The minimum atomic E-state index is -0.428. The molecule has 0 radical (unpaired) electrons. The molecule has 0 saturated carbocycles. The number of rotatable bonds is 5. The minimum Gasteiger partial charge on any atom is -0.450 e. The highest BCUT2D eigenvalue weighted by atomic mass is 16.6. The number of nitro benzene ring substituents is 1. The lowest BCUT2D eigenvalue weighted by Crippen LogP contribution is -2.06. The van der Waals surface area contributed by atoms with Gasteiger partial charge in [-0.15, -0.1) is 0 Å². The third-order valence-corrected chi connectivity index (χ3v) is 2.94. The highest BCUT2D eigenvalue weighted by Gasteiger charge is 2.18. The first kappa shape index (κ1) is 14.0. The average molecular weight is 272 g/mol. The molecule has 20 heavy (non-hydrogen) atoms. The van der Waals surface area contributed by atoms with Gasteiger partial charge in [0.1, 0.15) is 5.75 Å². The number of aryl methyl sites for hydroxylation is 1. The van der Waals surface area contributed by atoms with Crippen LogP contribution in [-0.2, 0) is 6.54 Å². The Kier molecular flexibility index (Phi) is 4.32. The maximum absolute atomic E-state index is 11.1. The number of hydrogen-bond acceptors (Lipinski definition) is 4. The van der Waals surface area contributed by atoms with Gasteiger partial charge in [0.05, 0.1) is 4.92 Å². The molecule has 5 nitrogen and oxygen atoms in total. The summed E-state index contributed by atoms with van der Waals surface area (Å²) in [6, 6.07) is 12.4. The van der Waals surface area contributed by atoms with E-state index in [9.17, 15) is 10.1 Å². The number of nitrogens with one attached hydrogen (secondary N) is 1. The van der Waals surface area contributed by atoms with Crippen LogP contribution in [0.4, 0.5) is 5.69 Å². The van der Waals surface area contributed by atoms with Crippen LogP contribution in [0.2, 0.25) is 0 Å². The average Bonchev–Trinajstić information content (AvgIpc) is 2.43. The fraction of sp³-hybridized carbons (Fsp3) is 0.200. The van der Waals surface area contributed by atoms with Gasteiger partial charge in [-0.2, -0.15) is 0 Å². The maximum atomic E-state index is 11.1. The second-order valence-electron chi connectivity index (χ2n) is 4.42. The topological polar surface area (TPSA) is 64.4 Å². The molecule has 0 amide bonds. The molecule has 2 rings (SSSR count). The van der Waals surface area contributed by atoms with Crippen molar-refractivity contribution in [3.8, 4) is 11.5 Å². The Balaban J connectivity index is 2.42. The quantitative estimate of drug-likeness (QED) is 0.669. The normalized spacial score (nSPS) is 10.3. The van der Waals surface area contributed by atoms with E-state index in [0.29, 0.717) is 18.0 Å². The lowest BCUT2D eigenvalue weighted by molar-refractivity contribution is -0.385. The number of nitro groups is 1. The molecule has 0 aliphatic carbocycles. The Bertz CT molecular complexity index is 626. The molecular weight excluding hydrogens is 256 g/mol. The van der Waals surface area contributed by atoms with E-state index in [1.807, 2.05) is 31.3 Å². The number of benzene rings is 2. The van der Waals surface area contributed by atoms with Crippen molar-refractivity contribution in [1.29, 1.82) is 0 Å². The molecular formula is C15H16N2O3. The molecule has 0 heterocycles. The van der Waals surface area contributed by atoms with Crippen molar-refractivity contribution in [3.63, 3.8) is 0 Å². The molecule has 0 atom stereocenters. The van der Waals surface area contributed by atoms with Crippen LogP contribution in [0, 0.1) is 17.0 Å². The molecule has 2 aromatic carbocycles. The number of para-hydroxylation sites is 2. The Morgan fingerprint density at radius 2 is 1.95 bits per heavy atom. The van der Waals surface area contributed by atoms with E-state index < -0.39 is 4.92 Å². The van der Waals surface area contributed by atoms with Crippen molar-refractivity contribution < 1.29 is 9.66 Å². The maximum Gasteiger partial charge on any atom is 0.311 e. The van der Waals surface area contributed by atoms with Gasteiger partial charge in [0.25, 0.3) is 0 Å². The Labute approximate surface area is 117 Å². The van der Waals surface area contributed by atoms with Crippen molar-refractivity contribution in [1.82, 2.24) is 5.32 Å². The second kappa shape index (κ2) is 6.16. The molecule has 0 saturated heterocycles. The van der Waals surface area contributed by atoms with Crippen LogP contribution in [0.5, 0.6) is 11.5 Å². The van der Waals surface area contributed by atoms with E-state index in [1.165, 1.54) is 6.07 Å². The molecule has 0 bridgehead atoms. The summed E-state index contributed by atoms with van der Waals surface area (Å²) >= 11 is 0. The van der Waals surface area contributed by atoms with E-state index in [-0.39, 0.29) is 5.69 Å². The van der Waals surface area contributed by atoms with Crippen molar-refractivity contribution in [2.75, 3.05) is 7.05 Å². The van der Waals surface area contributed by atoms with Gasteiger partial charge in [0.2, 0.25) is 5.75 Å². The molecule has 104 valence electrons. The van der Waals surface area contributed by atoms with Crippen LogP contribution in [-0.4, -0.2) is 12.0 Å². The van der Waals surface area contributed by atoms with Crippen molar-refractivity contribution in [2.24, 2.45) is 0 Å². The highest BCUT2D eigenvalue weighted by molar-refractivity contribution is 5.53. The zero-order valence-electron chi connectivity index (χ0n) is 11.4. The summed E-state index contributed by atoms with van der Waals surface area (Å²) in [5, 5.41) is 14.1. The summed E-state index contributed by atoms with van der Waals surface area (Å²) in [6.07, 6.45) is 0. The van der Waals surface area contributed by atoms with Gasteiger partial charge < -0.3 is 10.1 Å². The van der Waals surface area contributed by atoms with Gasteiger partial charge in [0, 0.05) is 18.2 Å². The van der Waals surface area contributed by atoms with Gasteiger partial charge in [-0.3, -0.25) is 10.1 Å². The summed E-state index contributed by atoms with van der Waals surface area (Å²) in [5.41, 5.74) is 1.66. The highest BCUT2D eigenvalue weighted by Crippen LogP contribution is 2.35. The summed E-state index contributed by atoms with van der Waals surface area (Å²) in [7, 11) is 1.84. The van der Waals surface area contributed by atoms with Crippen LogP contribution in [0.25, 0.3) is 0 Å². The predicted octanol–water partition coefficient (Wildman–Crippen LogP) is 3.41. The Hall–Kier alpha value is -2.40. The lowest BCUT2D eigenvalue weighted by Gasteiger charge is -2.12. The van der Waals surface area contributed by atoms with Gasteiger partial charge >= 0.3 is 5.69 Å². The van der Waals surface area contributed by atoms with Crippen LogP contribution in [0.15, 0.2) is 42.5 Å². The Morgan fingerprint density at radius 3 is 2.65 bits per heavy atom. The van der Waals surface area contributed by atoms with Gasteiger partial charge in [-0.25, -0.2) is 0 Å². The van der Waals surface area contributed by atoms with E-state index in [0.717, 1.165) is 11.1 Å². The molecule has 0 aromatic heterocycles.